The first-order valence-corrected chi connectivity index (χ1v) is 6.43. The Bertz CT molecular complexity index is 620. The molecule has 2 aromatic carbocycles. The summed E-state index contributed by atoms with van der Waals surface area (Å²) in [5, 5.41) is 0. The normalized spacial score (nSPS) is 10.3. The molecule has 0 spiro atoms. The number of hydrogen-bond acceptors (Lipinski definition) is 3. The number of carbonyl (C=O) groups excluding carboxylic acids is 1. The number of nitrogens with two attached hydrogens (primary N) is 2. The van der Waals surface area contributed by atoms with Gasteiger partial charge in [-0.05, 0) is 36.8 Å². The number of hydrogen-bond donors (Lipinski definition) is 2. The first-order valence-electron chi connectivity index (χ1n) is 6.43. The SMILES string of the molecule is Cc1ccc(N(C)Cc2ccc(C(N)=O)cc2N)cc1. The molecule has 0 unspecified atom stereocenters. The van der Waals surface area contributed by atoms with E-state index in [1.165, 1.54) is 5.56 Å². The van der Waals surface area contributed by atoms with Crippen LogP contribution in [-0.4, -0.2) is 13.0 Å². The average Bonchev–Trinajstić information content (AvgIpc) is 2.41. The van der Waals surface area contributed by atoms with Crippen LogP contribution in [0, 0.1) is 6.92 Å². The van der Waals surface area contributed by atoms with Crippen molar-refractivity contribution in [2.24, 2.45) is 5.73 Å². The van der Waals surface area contributed by atoms with Gasteiger partial charge in [0.15, 0.2) is 0 Å². The molecule has 0 heterocycles. The molecular weight excluding hydrogens is 250 g/mol. The van der Waals surface area contributed by atoms with E-state index in [2.05, 4.69) is 36.1 Å². The monoisotopic (exact) mass is 269 g/mol. The van der Waals surface area contributed by atoms with Gasteiger partial charge in [0, 0.05) is 30.5 Å². The smallest absolute Gasteiger partial charge is 0.248 e. The summed E-state index contributed by atoms with van der Waals surface area (Å²) >= 11 is 0. The number of nitrogens with zero attached hydrogens (tertiary/aromatic N) is 1. The van der Waals surface area contributed by atoms with E-state index in [1.807, 2.05) is 13.1 Å². The fraction of sp³-hybridized carbons (Fsp3) is 0.188. The van der Waals surface area contributed by atoms with Crippen LogP contribution in [0.25, 0.3) is 0 Å². The summed E-state index contributed by atoms with van der Waals surface area (Å²) in [5.74, 6) is -0.463. The molecule has 2 rings (SSSR count). The Morgan fingerprint density at radius 2 is 1.80 bits per heavy atom. The Labute approximate surface area is 119 Å². The number of benzene rings is 2. The molecule has 0 aliphatic carbocycles. The molecular formula is C16H19N3O. The molecule has 104 valence electrons. The summed E-state index contributed by atoms with van der Waals surface area (Å²) in [6.07, 6.45) is 0. The Balaban J connectivity index is 2.17. The van der Waals surface area contributed by atoms with Crippen LogP contribution in [0.15, 0.2) is 42.5 Å². The van der Waals surface area contributed by atoms with Crippen molar-refractivity contribution in [2.75, 3.05) is 17.7 Å². The predicted molar refractivity (Wildman–Crippen MR) is 82.7 cm³/mol. The molecule has 4 heteroatoms. The quantitative estimate of drug-likeness (QED) is 0.837. The van der Waals surface area contributed by atoms with Gasteiger partial charge in [-0.2, -0.15) is 0 Å². The minimum absolute atomic E-state index is 0.434. The third-order valence-corrected chi connectivity index (χ3v) is 3.31. The first-order chi connectivity index (χ1) is 9.47. The summed E-state index contributed by atoms with van der Waals surface area (Å²) < 4.78 is 0. The molecule has 4 N–H and O–H groups in total. The van der Waals surface area contributed by atoms with Gasteiger partial charge in [-0.25, -0.2) is 0 Å². The van der Waals surface area contributed by atoms with Gasteiger partial charge in [0.1, 0.15) is 0 Å². The lowest BCUT2D eigenvalue weighted by molar-refractivity contribution is 0.100. The highest BCUT2D eigenvalue weighted by atomic mass is 16.1. The van der Waals surface area contributed by atoms with E-state index in [1.54, 1.807) is 12.1 Å². The van der Waals surface area contributed by atoms with Crippen molar-refractivity contribution in [1.29, 1.82) is 0 Å². The Morgan fingerprint density at radius 3 is 2.35 bits per heavy atom. The minimum atomic E-state index is -0.463. The van der Waals surface area contributed by atoms with Gasteiger partial charge < -0.3 is 16.4 Å². The zero-order valence-corrected chi connectivity index (χ0v) is 11.8. The standard InChI is InChI=1S/C16H19N3O/c1-11-3-7-14(8-4-11)19(2)10-13-6-5-12(16(18)20)9-15(13)17/h3-9H,10,17H2,1-2H3,(H2,18,20). The van der Waals surface area contributed by atoms with E-state index in [0.717, 1.165) is 11.3 Å². The van der Waals surface area contributed by atoms with Gasteiger partial charge in [-0.15, -0.1) is 0 Å². The van der Waals surface area contributed by atoms with Crippen LogP contribution in [-0.2, 0) is 6.54 Å². The molecule has 0 aliphatic rings. The number of carbonyl (C=O) groups is 1. The highest BCUT2D eigenvalue weighted by Crippen LogP contribution is 2.20. The van der Waals surface area contributed by atoms with E-state index in [0.29, 0.717) is 17.8 Å². The molecule has 0 saturated heterocycles. The van der Waals surface area contributed by atoms with Crippen LogP contribution in [0.4, 0.5) is 11.4 Å². The molecule has 1 amide bonds. The number of amides is 1. The number of aryl methyl sites for hydroxylation is 1. The molecule has 0 bridgehead atoms. The Hall–Kier alpha value is -2.49. The fourth-order valence-electron chi connectivity index (χ4n) is 2.04. The predicted octanol–water partition coefficient (Wildman–Crippen LogP) is 2.31. The van der Waals surface area contributed by atoms with Crippen molar-refractivity contribution in [3.05, 3.63) is 59.2 Å². The van der Waals surface area contributed by atoms with Crippen LogP contribution in [0.1, 0.15) is 21.5 Å². The second-order valence-electron chi connectivity index (χ2n) is 4.97. The van der Waals surface area contributed by atoms with Gasteiger partial charge in [-0.3, -0.25) is 4.79 Å². The maximum absolute atomic E-state index is 11.1. The van der Waals surface area contributed by atoms with Gasteiger partial charge in [-0.1, -0.05) is 23.8 Å². The fourth-order valence-corrected chi connectivity index (χ4v) is 2.04. The van der Waals surface area contributed by atoms with E-state index in [9.17, 15) is 4.79 Å². The van der Waals surface area contributed by atoms with E-state index >= 15 is 0 Å². The van der Waals surface area contributed by atoms with Crippen molar-refractivity contribution in [3.8, 4) is 0 Å². The van der Waals surface area contributed by atoms with Crippen LogP contribution < -0.4 is 16.4 Å². The Morgan fingerprint density at radius 1 is 1.15 bits per heavy atom. The number of nitrogen functional groups attached to an aromatic ring is 1. The summed E-state index contributed by atoms with van der Waals surface area (Å²) in [4.78, 5) is 13.2. The maximum atomic E-state index is 11.1. The summed E-state index contributed by atoms with van der Waals surface area (Å²) in [5.41, 5.74) is 15.5. The highest BCUT2D eigenvalue weighted by molar-refractivity contribution is 5.93. The van der Waals surface area contributed by atoms with Gasteiger partial charge in [0.25, 0.3) is 0 Å². The molecule has 20 heavy (non-hydrogen) atoms. The third kappa shape index (κ3) is 3.09. The van der Waals surface area contributed by atoms with E-state index in [4.69, 9.17) is 11.5 Å². The van der Waals surface area contributed by atoms with Crippen molar-refractivity contribution >= 4 is 17.3 Å². The number of rotatable bonds is 4. The van der Waals surface area contributed by atoms with Crippen molar-refractivity contribution in [3.63, 3.8) is 0 Å². The number of anilines is 2. The zero-order chi connectivity index (χ0) is 14.7. The lowest BCUT2D eigenvalue weighted by Crippen LogP contribution is -2.18. The maximum Gasteiger partial charge on any atom is 0.248 e. The topological polar surface area (TPSA) is 72.3 Å². The molecule has 0 fully saturated rings. The summed E-state index contributed by atoms with van der Waals surface area (Å²) in [6, 6.07) is 13.5. The average molecular weight is 269 g/mol. The molecule has 0 radical (unpaired) electrons. The first kappa shape index (κ1) is 13.9. The third-order valence-electron chi connectivity index (χ3n) is 3.31. The van der Waals surface area contributed by atoms with E-state index < -0.39 is 5.91 Å². The van der Waals surface area contributed by atoms with Crippen LogP contribution >= 0.6 is 0 Å². The van der Waals surface area contributed by atoms with Crippen molar-refractivity contribution in [1.82, 2.24) is 0 Å². The number of primary amides is 1. The second kappa shape index (κ2) is 5.65. The van der Waals surface area contributed by atoms with Crippen LogP contribution in [0.5, 0.6) is 0 Å². The van der Waals surface area contributed by atoms with Gasteiger partial charge in [0.2, 0.25) is 5.91 Å². The van der Waals surface area contributed by atoms with Crippen LogP contribution in [0.3, 0.4) is 0 Å². The molecule has 4 nitrogen and oxygen atoms in total. The molecule has 0 aliphatic heterocycles. The molecule has 0 saturated carbocycles. The Kier molecular flexibility index (Phi) is 3.94. The van der Waals surface area contributed by atoms with Gasteiger partial charge in [0.05, 0.1) is 0 Å². The van der Waals surface area contributed by atoms with E-state index in [-0.39, 0.29) is 0 Å². The second-order valence-corrected chi connectivity index (χ2v) is 4.97. The van der Waals surface area contributed by atoms with Crippen molar-refractivity contribution < 1.29 is 4.79 Å². The highest BCUT2D eigenvalue weighted by Gasteiger charge is 2.08. The van der Waals surface area contributed by atoms with Crippen LogP contribution in [0.2, 0.25) is 0 Å². The van der Waals surface area contributed by atoms with Gasteiger partial charge >= 0.3 is 0 Å². The zero-order valence-electron chi connectivity index (χ0n) is 11.8. The molecule has 0 aromatic heterocycles. The molecule has 0 atom stereocenters. The van der Waals surface area contributed by atoms with Crippen molar-refractivity contribution in [2.45, 2.75) is 13.5 Å². The lowest BCUT2D eigenvalue weighted by Gasteiger charge is -2.20. The summed E-state index contributed by atoms with van der Waals surface area (Å²) in [6.45, 7) is 2.73. The summed E-state index contributed by atoms with van der Waals surface area (Å²) in [7, 11) is 2.01. The minimum Gasteiger partial charge on any atom is -0.398 e. The molecule has 2 aromatic rings. The lowest BCUT2D eigenvalue weighted by atomic mass is 10.1. The largest absolute Gasteiger partial charge is 0.398 e.